The highest BCUT2D eigenvalue weighted by molar-refractivity contribution is 6.17. The number of alkyl halides is 3. The number of aliphatic carboxylic acids is 1. The first-order valence-corrected chi connectivity index (χ1v) is 4.50. The number of hydrogen-bond acceptors (Lipinski definition) is 2. The molecule has 18 heavy (non-hydrogen) atoms. The summed E-state index contributed by atoms with van der Waals surface area (Å²) in [5, 5.41) is 7.12. The van der Waals surface area contributed by atoms with Gasteiger partial charge >= 0.3 is 12.1 Å². The number of benzene rings is 1. The topological polar surface area (TPSA) is 80.4 Å². The molecule has 0 radical (unpaired) electrons. The Balaban J connectivity index is 0.000000360. The quantitative estimate of drug-likeness (QED) is 0.797. The van der Waals surface area contributed by atoms with Crippen molar-refractivity contribution in [3.8, 4) is 0 Å². The van der Waals surface area contributed by atoms with E-state index in [2.05, 4.69) is 6.58 Å². The van der Waals surface area contributed by atoms with Crippen molar-refractivity contribution < 1.29 is 27.9 Å². The Morgan fingerprint density at radius 3 is 1.83 bits per heavy atom. The molecule has 98 valence electrons. The van der Waals surface area contributed by atoms with Gasteiger partial charge in [0.25, 0.3) is 0 Å². The zero-order valence-electron chi connectivity index (χ0n) is 9.07. The summed E-state index contributed by atoms with van der Waals surface area (Å²) in [5.41, 5.74) is 6.16. The number of hydrogen-bond donors (Lipinski definition) is 2. The number of rotatable bonds is 2. The zero-order valence-corrected chi connectivity index (χ0v) is 9.07. The second-order valence-corrected chi connectivity index (χ2v) is 3.01. The predicted molar refractivity (Wildman–Crippen MR) is 58.4 cm³/mol. The SMILES string of the molecule is C=C(C(N)=O)c1ccccc1.O=C(O)C(F)(F)F. The third-order valence-corrected chi connectivity index (χ3v) is 1.66. The van der Waals surface area contributed by atoms with Crippen molar-refractivity contribution in [1.29, 1.82) is 0 Å². The third-order valence-electron chi connectivity index (χ3n) is 1.66. The molecule has 3 N–H and O–H groups in total. The van der Waals surface area contributed by atoms with E-state index in [-0.39, 0.29) is 0 Å². The Labute approximate surface area is 101 Å². The molecule has 7 heteroatoms. The van der Waals surface area contributed by atoms with Crippen LogP contribution < -0.4 is 5.73 Å². The minimum atomic E-state index is -5.08. The third kappa shape index (κ3) is 5.69. The molecule has 0 atom stereocenters. The number of amides is 1. The molecule has 0 aliphatic heterocycles. The van der Waals surface area contributed by atoms with Gasteiger partial charge in [0.15, 0.2) is 0 Å². The van der Waals surface area contributed by atoms with Gasteiger partial charge in [-0.2, -0.15) is 13.2 Å². The zero-order chi connectivity index (χ0) is 14.3. The fourth-order valence-corrected chi connectivity index (χ4v) is 0.782. The summed E-state index contributed by atoms with van der Waals surface area (Å²) in [6, 6.07) is 9.14. The van der Waals surface area contributed by atoms with Gasteiger partial charge in [-0.15, -0.1) is 0 Å². The van der Waals surface area contributed by atoms with Crippen molar-refractivity contribution >= 4 is 17.4 Å². The average Bonchev–Trinajstić information content (AvgIpc) is 2.28. The highest BCUT2D eigenvalue weighted by Crippen LogP contribution is 2.13. The Hall–Kier alpha value is -2.31. The molecule has 1 amide bonds. The van der Waals surface area contributed by atoms with Gasteiger partial charge in [-0.05, 0) is 5.56 Å². The van der Waals surface area contributed by atoms with Gasteiger partial charge in [-0.1, -0.05) is 36.9 Å². The Kier molecular flexibility index (Phi) is 5.61. The number of carboxylic acid groups (broad SMARTS) is 1. The molecule has 0 unspecified atom stereocenters. The van der Waals surface area contributed by atoms with Crippen LogP contribution in [0.4, 0.5) is 13.2 Å². The summed E-state index contributed by atoms with van der Waals surface area (Å²) in [7, 11) is 0. The van der Waals surface area contributed by atoms with Crippen molar-refractivity contribution in [2.75, 3.05) is 0 Å². The molecule has 0 aliphatic carbocycles. The van der Waals surface area contributed by atoms with Crippen molar-refractivity contribution in [1.82, 2.24) is 0 Å². The van der Waals surface area contributed by atoms with Crippen LogP contribution in [0.2, 0.25) is 0 Å². The highest BCUT2D eigenvalue weighted by Gasteiger charge is 2.38. The molecule has 0 aromatic heterocycles. The van der Waals surface area contributed by atoms with Gasteiger partial charge in [0.1, 0.15) is 0 Å². The van der Waals surface area contributed by atoms with Crippen LogP contribution in [0, 0.1) is 0 Å². The number of halogens is 3. The normalized spacial score (nSPS) is 9.94. The van der Waals surface area contributed by atoms with E-state index in [1.165, 1.54) is 0 Å². The second kappa shape index (κ2) is 6.43. The summed E-state index contributed by atoms with van der Waals surface area (Å²) in [5.74, 6) is -3.23. The molecule has 1 rings (SSSR count). The first-order valence-electron chi connectivity index (χ1n) is 4.50. The predicted octanol–water partition coefficient (Wildman–Crippen LogP) is 1.82. The van der Waals surface area contributed by atoms with Gasteiger partial charge in [-0.3, -0.25) is 4.79 Å². The minimum Gasteiger partial charge on any atom is -0.475 e. The Morgan fingerprint density at radius 2 is 1.56 bits per heavy atom. The molecule has 0 saturated heterocycles. The van der Waals surface area contributed by atoms with Crippen molar-refractivity contribution in [2.24, 2.45) is 5.73 Å². The summed E-state index contributed by atoms with van der Waals surface area (Å²) in [4.78, 5) is 19.5. The van der Waals surface area contributed by atoms with Gasteiger partial charge in [0, 0.05) is 5.57 Å². The van der Waals surface area contributed by atoms with Gasteiger partial charge < -0.3 is 10.8 Å². The van der Waals surface area contributed by atoms with Gasteiger partial charge in [0.2, 0.25) is 5.91 Å². The molecule has 0 aliphatic rings. The highest BCUT2D eigenvalue weighted by atomic mass is 19.4. The number of primary amides is 1. The van der Waals surface area contributed by atoms with E-state index >= 15 is 0 Å². The maximum Gasteiger partial charge on any atom is 0.490 e. The molecule has 4 nitrogen and oxygen atoms in total. The van der Waals surface area contributed by atoms with Crippen LogP contribution in [-0.2, 0) is 9.59 Å². The van der Waals surface area contributed by atoms with Gasteiger partial charge in [-0.25, -0.2) is 4.79 Å². The first kappa shape index (κ1) is 15.7. The first-order chi connectivity index (χ1) is 8.16. The molecular formula is C11H10F3NO3. The van der Waals surface area contributed by atoms with E-state index in [9.17, 15) is 18.0 Å². The fraction of sp³-hybridized carbons (Fsp3) is 0.0909. The largest absolute Gasteiger partial charge is 0.490 e. The van der Waals surface area contributed by atoms with Crippen LogP contribution in [0.25, 0.3) is 5.57 Å². The monoisotopic (exact) mass is 261 g/mol. The van der Waals surface area contributed by atoms with Crippen LogP contribution in [-0.4, -0.2) is 23.2 Å². The Morgan fingerprint density at radius 1 is 1.17 bits per heavy atom. The van der Waals surface area contributed by atoms with E-state index in [1.807, 2.05) is 18.2 Å². The lowest BCUT2D eigenvalue weighted by atomic mass is 10.1. The Bertz CT molecular complexity index is 441. The number of carbonyl (C=O) groups excluding carboxylic acids is 1. The lowest BCUT2D eigenvalue weighted by molar-refractivity contribution is -0.192. The van der Waals surface area contributed by atoms with Crippen LogP contribution >= 0.6 is 0 Å². The molecule has 0 fully saturated rings. The van der Waals surface area contributed by atoms with E-state index < -0.39 is 18.1 Å². The van der Waals surface area contributed by atoms with Crippen LogP contribution in [0.15, 0.2) is 36.9 Å². The van der Waals surface area contributed by atoms with E-state index in [1.54, 1.807) is 12.1 Å². The lowest BCUT2D eigenvalue weighted by Crippen LogP contribution is -2.21. The summed E-state index contributed by atoms with van der Waals surface area (Å²) in [6.45, 7) is 3.55. The summed E-state index contributed by atoms with van der Waals surface area (Å²) in [6.07, 6.45) is -5.08. The van der Waals surface area contributed by atoms with E-state index in [0.29, 0.717) is 5.57 Å². The van der Waals surface area contributed by atoms with Crippen LogP contribution in [0.1, 0.15) is 5.56 Å². The fourth-order valence-electron chi connectivity index (χ4n) is 0.782. The molecule has 1 aromatic rings. The van der Waals surface area contributed by atoms with Crippen molar-refractivity contribution in [2.45, 2.75) is 6.18 Å². The maximum absolute atomic E-state index is 10.6. The molecule has 0 heterocycles. The van der Waals surface area contributed by atoms with Gasteiger partial charge in [0.05, 0.1) is 0 Å². The number of nitrogens with two attached hydrogens (primary N) is 1. The van der Waals surface area contributed by atoms with Crippen molar-refractivity contribution in [3.63, 3.8) is 0 Å². The summed E-state index contributed by atoms with van der Waals surface area (Å²) >= 11 is 0. The van der Waals surface area contributed by atoms with Crippen molar-refractivity contribution in [3.05, 3.63) is 42.5 Å². The van der Waals surface area contributed by atoms with E-state index in [4.69, 9.17) is 15.6 Å². The van der Waals surface area contributed by atoms with E-state index in [0.717, 1.165) is 5.56 Å². The molecular weight excluding hydrogens is 251 g/mol. The lowest BCUT2D eigenvalue weighted by Gasteiger charge is -1.98. The maximum atomic E-state index is 10.6. The van der Waals surface area contributed by atoms with Crippen LogP contribution in [0.5, 0.6) is 0 Å². The summed E-state index contributed by atoms with van der Waals surface area (Å²) < 4.78 is 31.7. The molecule has 0 saturated carbocycles. The standard InChI is InChI=1S/C9H9NO.C2HF3O2/c1-7(9(10)11)8-5-3-2-4-6-8;3-2(4,5)1(6)7/h2-6H,1H2,(H2,10,11);(H,6,7). The number of carbonyl (C=O) groups is 2. The minimum absolute atomic E-state index is 0.352. The molecule has 0 bridgehead atoms. The molecule has 1 aromatic carbocycles. The second-order valence-electron chi connectivity index (χ2n) is 3.01. The molecule has 0 spiro atoms. The number of carboxylic acids is 1. The average molecular weight is 261 g/mol. The smallest absolute Gasteiger partial charge is 0.475 e. The van der Waals surface area contributed by atoms with Crippen LogP contribution in [0.3, 0.4) is 0 Å².